The molecule has 2 heterocycles. The first-order valence-corrected chi connectivity index (χ1v) is 9.84. The Bertz CT molecular complexity index is 749. The summed E-state index contributed by atoms with van der Waals surface area (Å²) in [5, 5.41) is 23.8. The zero-order chi connectivity index (χ0) is 19.9. The summed E-state index contributed by atoms with van der Waals surface area (Å²) in [6.45, 7) is 4.38. The van der Waals surface area contributed by atoms with Gasteiger partial charge >= 0.3 is 6.03 Å². The number of hydrogen-bond donors (Lipinski definition) is 3. The number of urea groups is 1. The van der Waals surface area contributed by atoms with Crippen molar-refractivity contribution in [1.29, 1.82) is 0 Å². The Balaban J connectivity index is 1.49. The number of carbonyl (C=O) groups excluding carboxylic acids is 1. The topological polar surface area (TPSA) is 101 Å². The molecule has 3 N–H and O–H groups in total. The molecule has 0 spiro atoms. The minimum absolute atomic E-state index is 0.0211. The molecule has 152 valence electrons. The predicted molar refractivity (Wildman–Crippen MR) is 106 cm³/mol. The molecule has 0 unspecified atom stereocenters. The highest BCUT2D eigenvalue weighted by Gasteiger charge is 2.31. The Morgan fingerprint density at radius 3 is 2.82 bits per heavy atom. The fourth-order valence-corrected chi connectivity index (χ4v) is 3.41. The molecule has 8 nitrogen and oxygen atoms in total. The van der Waals surface area contributed by atoms with Crippen LogP contribution in [0.3, 0.4) is 0 Å². The number of nitrogens with zero attached hydrogens (tertiary/aromatic N) is 3. The molecule has 1 aromatic heterocycles. The van der Waals surface area contributed by atoms with Gasteiger partial charge in [0, 0.05) is 18.2 Å². The predicted octanol–water partition coefficient (Wildman–Crippen LogP) is 1.95. The van der Waals surface area contributed by atoms with Crippen LogP contribution in [0, 0.1) is 0 Å². The molecule has 3 rings (SSSR count). The van der Waals surface area contributed by atoms with Gasteiger partial charge in [-0.1, -0.05) is 35.5 Å². The van der Waals surface area contributed by atoms with E-state index in [0.29, 0.717) is 6.54 Å². The zero-order valence-corrected chi connectivity index (χ0v) is 16.4. The largest absolute Gasteiger partial charge is 0.394 e. The van der Waals surface area contributed by atoms with Crippen LogP contribution in [-0.2, 0) is 11.3 Å². The van der Waals surface area contributed by atoms with Gasteiger partial charge in [-0.05, 0) is 33.1 Å². The van der Waals surface area contributed by atoms with Crippen molar-refractivity contribution in [3.8, 4) is 11.3 Å². The lowest BCUT2D eigenvalue weighted by Gasteiger charge is -2.36. The lowest BCUT2D eigenvalue weighted by molar-refractivity contribution is -0.0908. The molecule has 1 fully saturated rings. The van der Waals surface area contributed by atoms with E-state index in [9.17, 15) is 9.90 Å². The van der Waals surface area contributed by atoms with Gasteiger partial charge in [0.15, 0.2) is 0 Å². The number of nitrogens with one attached hydrogen (secondary N) is 2. The number of carbonyl (C=O) groups is 1. The molecule has 1 aliphatic rings. The summed E-state index contributed by atoms with van der Waals surface area (Å²) < 4.78 is 7.83. The van der Waals surface area contributed by atoms with Gasteiger partial charge in [0.2, 0.25) is 0 Å². The maximum absolute atomic E-state index is 11.9. The van der Waals surface area contributed by atoms with Crippen LogP contribution in [-0.4, -0.2) is 57.0 Å². The van der Waals surface area contributed by atoms with Crippen LogP contribution >= 0.6 is 0 Å². The van der Waals surface area contributed by atoms with Crippen molar-refractivity contribution in [2.24, 2.45) is 0 Å². The molecule has 2 aromatic rings. The van der Waals surface area contributed by atoms with E-state index in [0.717, 1.165) is 30.5 Å². The van der Waals surface area contributed by atoms with Crippen molar-refractivity contribution in [3.05, 3.63) is 36.5 Å². The van der Waals surface area contributed by atoms with Gasteiger partial charge in [-0.15, -0.1) is 5.10 Å². The summed E-state index contributed by atoms with van der Waals surface area (Å²) >= 11 is 0. The second-order valence-corrected chi connectivity index (χ2v) is 7.46. The maximum atomic E-state index is 11.9. The van der Waals surface area contributed by atoms with Crippen molar-refractivity contribution in [1.82, 2.24) is 25.6 Å². The third-order valence-corrected chi connectivity index (χ3v) is 4.82. The Morgan fingerprint density at radius 2 is 2.11 bits per heavy atom. The van der Waals surface area contributed by atoms with E-state index in [1.54, 1.807) is 0 Å². The fourth-order valence-electron chi connectivity index (χ4n) is 3.41. The van der Waals surface area contributed by atoms with E-state index >= 15 is 0 Å². The highest BCUT2D eigenvalue weighted by atomic mass is 16.5. The molecule has 3 atom stereocenters. The van der Waals surface area contributed by atoms with E-state index in [-0.39, 0.29) is 30.8 Å². The average molecular weight is 387 g/mol. The van der Waals surface area contributed by atoms with Gasteiger partial charge in [-0.2, -0.15) is 0 Å². The van der Waals surface area contributed by atoms with Gasteiger partial charge in [-0.3, -0.25) is 4.68 Å². The van der Waals surface area contributed by atoms with Crippen molar-refractivity contribution >= 4 is 6.03 Å². The SMILES string of the molecule is CC(C)NC(=O)N[C@H]1CC[C@@H](CCn2cc(-c3ccccc3)nn2)O[C@H]1CO. The molecule has 8 heteroatoms. The number of aryl methyl sites for hydroxylation is 1. The molecule has 1 aliphatic heterocycles. The Hall–Kier alpha value is -2.45. The summed E-state index contributed by atoms with van der Waals surface area (Å²) in [7, 11) is 0. The van der Waals surface area contributed by atoms with Crippen LogP contribution in [0.5, 0.6) is 0 Å². The fraction of sp³-hybridized carbons (Fsp3) is 0.550. The second-order valence-electron chi connectivity index (χ2n) is 7.46. The van der Waals surface area contributed by atoms with E-state index in [2.05, 4.69) is 20.9 Å². The van der Waals surface area contributed by atoms with Gasteiger partial charge in [0.1, 0.15) is 11.8 Å². The lowest BCUT2D eigenvalue weighted by Crippen LogP contribution is -2.54. The number of hydrogen-bond acceptors (Lipinski definition) is 5. The summed E-state index contributed by atoms with van der Waals surface area (Å²) in [4.78, 5) is 11.9. The lowest BCUT2D eigenvalue weighted by atomic mass is 9.97. The van der Waals surface area contributed by atoms with E-state index in [1.165, 1.54) is 0 Å². The molecular weight excluding hydrogens is 358 g/mol. The summed E-state index contributed by atoms with van der Waals surface area (Å²) in [6, 6.07) is 9.59. The van der Waals surface area contributed by atoms with Gasteiger partial charge < -0.3 is 20.5 Å². The Morgan fingerprint density at radius 1 is 1.32 bits per heavy atom. The number of amides is 2. The summed E-state index contributed by atoms with van der Waals surface area (Å²) in [5.74, 6) is 0. The molecule has 1 aromatic carbocycles. The number of ether oxygens (including phenoxy) is 1. The van der Waals surface area contributed by atoms with Crippen LogP contribution in [0.25, 0.3) is 11.3 Å². The maximum Gasteiger partial charge on any atom is 0.315 e. The molecule has 0 saturated carbocycles. The van der Waals surface area contributed by atoms with Crippen molar-refractivity contribution in [2.45, 2.75) is 63.9 Å². The van der Waals surface area contributed by atoms with Crippen LogP contribution in [0.4, 0.5) is 4.79 Å². The zero-order valence-electron chi connectivity index (χ0n) is 16.4. The molecule has 0 aliphatic carbocycles. The summed E-state index contributed by atoms with van der Waals surface area (Å²) in [5.41, 5.74) is 1.88. The number of aliphatic hydroxyl groups excluding tert-OH is 1. The molecule has 0 radical (unpaired) electrons. The van der Waals surface area contributed by atoms with Crippen LogP contribution in [0.2, 0.25) is 0 Å². The Kier molecular flexibility index (Phi) is 7.00. The van der Waals surface area contributed by atoms with E-state index < -0.39 is 6.10 Å². The van der Waals surface area contributed by atoms with Gasteiger partial charge in [0.25, 0.3) is 0 Å². The molecule has 1 saturated heterocycles. The van der Waals surface area contributed by atoms with Crippen LogP contribution in [0.15, 0.2) is 36.5 Å². The summed E-state index contributed by atoms with van der Waals surface area (Å²) in [6.07, 6.45) is 3.93. The van der Waals surface area contributed by atoms with Crippen molar-refractivity contribution in [3.63, 3.8) is 0 Å². The number of rotatable bonds is 7. The first kappa shape index (κ1) is 20.3. The Labute approximate surface area is 165 Å². The highest BCUT2D eigenvalue weighted by molar-refractivity contribution is 5.74. The first-order valence-electron chi connectivity index (χ1n) is 9.84. The minimum Gasteiger partial charge on any atom is -0.394 e. The van der Waals surface area contributed by atoms with Crippen molar-refractivity contribution < 1.29 is 14.6 Å². The van der Waals surface area contributed by atoms with Gasteiger partial charge in [-0.25, -0.2) is 4.79 Å². The van der Waals surface area contributed by atoms with E-state index in [4.69, 9.17) is 4.74 Å². The monoisotopic (exact) mass is 387 g/mol. The minimum atomic E-state index is -0.396. The normalized spacial score (nSPS) is 22.2. The van der Waals surface area contributed by atoms with Crippen LogP contribution in [0.1, 0.15) is 33.1 Å². The molecule has 28 heavy (non-hydrogen) atoms. The molecular formula is C20H29N5O3. The third kappa shape index (κ3) is 5.53. The quantitative estimate of drug-likeness (QED) is 0.674. The number of benzene rings is 1. The smallest absolute Gasteiger partial charge is 0.315 e. The van der Waals surface area contributed by atoms with Crippen LogP contribution < -0.4 is 10.6 Å². The number of aliphatic hydroxyl groups is 1. The van der Waals surface area contributed by atoms with E-state index in [1.807, 2.05) is 55.1 Å². The standard InChI is InChI=1S/C20H29N5O3/c1-14(2)21-20(27)22-17-9-8-16(28-19(17)13-26)10-11-25-12-18(23-24-25)15-6-4-3-5-7-15/h3-7,12,14,16-17,19,26H,8-11,13H2,1-2H3,(H2,21,22,27)/t16-,17-,19-/m0/s1. The second kappa shape index (κ2) is 9.66. The number of aromatic nitrogens is 3. The van der Waals surface area contributed by atoms with Crippen molar-refractivity contribution in [2.75, 3.05) is 6.61 Å². The molecule has 2 amide bonds. The average Bonchev–Trinajstić information content (AvgIpc) is 3.16. The highest BCUT2D eigenvalue weighted by Crippen LogP contribution is 2.23. The third-order valence-electron chi connectivity index (χ3n) is 4.82. The van der Waals surface area contributed by atoms with Gasteiger partial charge in [0.05, 0.1) is 24.9 Å². The molecule has 0 bridgehead atoms. The first-order chi connectivity index (χ1) is 13.5.